The lowest BCUT2D eigenvalue weighted by atomic mass is 10.0. The minimum atomic E-state index is -0.331. The van der Waals surface area contributed by atoms with Crippen LogP contribution < -0.4 is 10.4 Å². The Hall–Kier alpha value is -4.82. The largest absolute Gasteiger partial charge is 0.297 e. The lowest BCUT2D eigenvalue weighted by Gasteiger charge is -2.09. The second-order valence-electron chi connectivity index (χ2n) is 9.46. The van der Waals surface area contributed by atoms with Crippen molar-refractivity contribution in [2.24, 2.45) is 17.1 Å². The zero-order valence-electron chi connectivity index (χ0n) is 22.2. The summed E-state index contributed by atoms with van der Waals surface area (Å²) >= 11 is 1.40. The number of para-hydroxylation sites is 1. The van der Waals surface area contributed by atoms with Crippen molar-refractivity contribution in [3.63, 3.8) is 0 Å². The fourth-order valence-electron chi connectivity index (χ4n) is 4.81. The molecule has 0 spiro atoms. The number of hydrogen-bond donors (Lipinski definition) is 0. The van der Waals surface area contributed by atoms with E-state index in [9.17, 15) is 9.18 Å². The Labute approximate surface area is 234 Å². The predicted octanol–water partition coefficient (Wildman–Crippen LogP) is 6.81. The summed E-state index contributed by atoms with van der Waals surface area (Å²) in [5, 5.41) is 9.10. The van der Waals surface area contributed by atoms with Crippen LogP contribution in [-0.4, -0.2) is 19.8 Å². The summed E-state index contributed by atoms with van der Waals surface area (Å²) in [6, 6.07) is 30.1. The van der Waals surface area contributed by atoms with Crippen LogP contribution in [0.2, 0.25) is 0 Å². The van der Waals surface area contributed by atoms with Gasteiger partial charge in [0.15, 0.2) is 5.69 Å². The van der Waals surface area contributed by atoms with Crippen molar-refractivity contribution in [3.05, 3.63) is 135 Å². The molecular weight excluding hydrogens is 521 g/mol. The fourth-order valence-corrected chi connectivity index (χ4v) is 5.63. The van der Waals surface area contributed by atoms with Crippen molar-refractivity contribution < 1.29 is 4.39 Å². The highest BCUT2D eigenvalue weighted by molar-refractivity contribution is 7.07. The van der Waals surface area contributed by atoms with Crippen LogP contribution in [0.25, 0.3) is 27.7 Å². The maximum atomic E-state index is 14.0. The van der Waals surface area contributed by atoms with Gasteiger partial charge in [0, 0.05) is 23.6 Å². The van der Waals surface area contributed by atoms with Crippen molar-refractivity contribution in [1.29, 1.82) is 0 Å². The van der Waals surface area contributed by atoms with Gasteiger partial charge in [0.05, 0.1) is 22.8 Å². The molecule has 0 amide bonds. The molecule has 0 bridgehead atoms. The molecule has 0 aliphatic heterocycles. The highest BCUT2D eigenvalue weighted by atomic mass is 32.1. The summed E-state index contributed by atoms with van der Waals surface area (Å²) in [5.41, 5.74) is 4.70. The first-order valence-electron chi connectivity index (χ1n) is 12.8. The molecule has 0 unspecified atom stereocenters. The number of fused-ring (bicyclic) bond motifs is 1. The molecular formula is C32H26FN5OS. The summed E-state index contributed by atoms with van der Waals surface area (Å²) in [5.74, 6) is -0.331. The van der Waals surface area contributed by atoms with Crippen LogP contribution in [0.5, 0.6) is 0 Å². The maximum Gasteiger partial charge on any atom is 0.297 e. The predicted molar refractivity (Wildman–Crippen MR) is 160 cm³/mol. The molecule has 6 aromatic rings. The number of aromatic nitrogens is 3. The Balaban J connectivity index is 1.61. The molecule has 0 aliphatic rings. The van der Waals surface area contributed by atoms with Gasteiger partial charge in [-0.05, 0) is 48.9 Å². The average Bonchev–Trinajstić information content (AvgIpc) is 3.46. The molecule has 0 aliphatic carbocycles. The normalized spacial score (nSPS) is 12.4. The van der Waals surface area contributed by atoms with E-state index in [-0.39, 0.29) is 11.4 Å². The van der Waals surface area contributed by atoms with Gasteiger partial charge in [0.2, 0.25) is 4.80 Å². The smallest absolute Gasteiger partial charge is 0.283 e. The van der Waals surface area contributed by atoms with Crippen LogP contribution in [0, 0.1) is 12.7 Å². The van der Waals surface area contributed by atoms with E-state index in [0.717, 1.165) is 33.4 Å². The number of rotatable bonds is 5. The standard InChI is InChI=1S/C32H26FN5OS/c1-21(24-13-9-14-25(33)19-24)35-37-29(28-18-10-12-23-11-7-8-17-27(23)28)20-40-32(37)34-30-22(2)36(3)38(31(30)39)26-15-5-4-6-16-26/h4-20H,1-3H3. The van der Waals surface area contributed by atoms with Crippen molar-refractivity contribution in [2.45, 2.75) is 13.8 Å². The van der Waals surface area contributed by atoms with Gasteiger partial charge in [-0.25, -0.2) is 18.7 Å². The van der Waals surface area contributed by atoms with Crippen LogP contribution in [0.1, 0.15) is 18.2 Å². The maximum absolute atomic E-state index is 14.0. The van der Waals surface area contributed by atoms with Crippen molar-refractivity contribution in [2.75, 3.05) is 0 Å². The molecule has 198 valence electrons. The molecule has 0 atom stereocenters. The van der Waals surface area contributed by atoms with E-state index in [4.69, 9.17) is 10.1 Å². The second kappa shape index (κ2) is 10.4. The molecule has 40 heavy (non-hydrogen) atoms. The molecule has 6 nitrogen and oxygen atoms in total. The Kier molecular flexibility index (Phi) is 6.61. The van der Waals surface area contributed by atoms with Gasteiger partial charge in [-0.3, -0.25) is 9.48 Å². The van der Waals surface area contributed by atoms with Crippen LogP contribution in [0.3, 0.4) is 0 Å². The number of halogens is 1. The number of nitrogens with zero attached hydrogens (tertiary/aromatic N) is 5. The summed E-state index contributed by atoms with van der Waals surface area (Å²) in [4.78, 5) is 19.0. The molecule has 0 fully saturated rings. The molecule has 0 radical (unpaired) electrons. The number of hydrogen-bond acceptors (Lipinski definition) is 4. The molecule has 8 heteroatoms. The molecule has 0 N–H and O–H groups in total. The third kappa shape index (κ3) is 4.52. The molecule has 2 heterocycles. The first kappa shape index (κ1) is 25.5. The van der Waals surface area contributed by atoms with E-state index in [0.29, 0.717) is 21.8 Å². The van der Waals surface area contributed by atoms with Crippen LogP contribution in [0.15, 0.2) is 117 Å². The van der Waals surface area contributed by atoms with E-state index in [1.165, 1.54) is 23.5 Å². The third-order valence-corrected chi connectivity index (χ3v) is 7.79. The van der Waals surface area contributed by atoms with Gasteiger partial charge in [-0.15, -0.1) is 11.3 Å². The van der Waals surface area contributed by atoms with Crippen molar-refractivity contribution >= 4 is 33.5 Å². The summed E-state index contributed by atoms with van der Waals surface area (Å²) in [6.45, 7) is 3.72. The lowest BCUT2D eigenvalue weighted by Crippen LogP contribution is -2.20. The third-order valence-electron chi connectivity index (χ3n) is 6.97. The monoisotopic (exact) mass is 547 g/mol. The van der Waals surface area contributed by atoms with Gasteiger partial charge >= 0.3 is 0 Å². The molecule has 4 aromatic carbocycles. The Morgan fingerprint density at radius 3 is 2.42 bits per heavy atom. The van der Waals surface area contributed by atoms with Gasteiger partial charge < -0.3 is 0 Å². The topological polar surface area (TPSA) is 56.6 Å². The molecule has 0 saturated carbocycles. The first-order valence-corrected chi connectivity index (χ1v) is 13.7. The minimum Gasteiger partial charge on any atom is -0.283 e. The van der Waals surface area contributed by atoms with Gasteiger partial charge in [0.25, 0.3) is 5.56 Å². The zero-order chi connectivity index (χ0) is 27.8. The Morgan fingerprint density at radius 2 is 1.62 bits per heavy atom. The molecule has 0 saturated heterocycles. The van der Waals surface area contributed by atoms with Gasteiger partial charge in [0.1, 0.15) is 5.82 Å². The number of thiazole rings is 1. The van der Waals surface area contributed by atoms with Crippen molar-refractivity contribution in [1.82, 2.24) is 14.0 Å². The highest BCUT2D eigenvalue weighted by Crippen LogP contribution is 2.29. The minimum absolute atomic E-state index is 0.219. The van der Waals surface area contributed by atoms with Crippen molar-refractivity contribution in [3.8, 4) is 16.9 Å². The van der Waals surface area contributed by atoms with Crippen LogP contribution in [-0.2, 0) is 7.05 Å². The Morgan fingerprint density at radius 1 is 0.900 bits per heavy atom. The van der Waals surface area contributed by atoms with Crippen LogP contribution >= 0.6 is 11.3 Å². The summed E-state index contributed by atoms with van der Waals surface area (Å²) in [7, 11) is 1.85. The Bertz CT molecular complexity index is 2020. The number of benzene rings is 4. The quantitative estimate of drug-likeness (QED) is 0.219. The summed E-state index contributed by atoms with van der Waals surface area (Å²) in [6.07, 6.45) is 0. The molecule has 6 rings (SSSR count). The lowest BCUT2D eigenvalue weighted by molar-refractivity contribution is 0.627. The van der Waals surface area contributed by atoms with E-state index < -0.39 is 0 Å². The molecule has 2 aromatic heterocycles. The van der Waals surface area contributed by atoms with E-state index in [1.807, 2.05) is 86.9 Å². The fraction of sp³-hybridized carbons (Fsp3) is 0.0938. The van der Waals surface area contributed by atoms with Crippen LogP contribution in [0.4, 0.5) is 10.1 Å². The van der Waals surface area contributed by atoms with Gasteiger partial charge in [-0.2, -0.15) is 5.10 Å². The van der Waals surface area contributed by atoms with E-state index >= 15 is 0 Å². The zero-order valence-corrected chi connectivity index (χ0v) is 23.1. The first-order chi connectivity index (χ1) is 19.4. The second-order valence-corrected chi connectivity index (χ2v) is 10.3. The van der Waals surface area contributed by atoms with Gasteiger partial charge in [-0.1, -0.05) is 72.8 Å². The van der Waals surface area contributed by atoms with E-state index in [1.54, 1.807) is 20.1 Å². The highest BCUT2D eigenvalue weighted by Gasteiger charge is 2.17. The average molecular weight is 548 g/mol. The SMILES string of the molecule is CC(=Nn1c(-c2cccc3ccccc23)csc1=Nc1c(C)n(C)n(-c2ccccc2)c1=O)c1cccc(F)c1. The summed E-state index contributed by atoms with van der Waals surface area (Å²) < 4.78 is 19.2. The van der Waals surface area contributed by atoms with E-state index in [2.05, 4.69) is 18.2 Å².